The highest BCUT2D eigenvalue weighted by Gasteiger charge is 2.19. The van der Waals surface area contributed by atoms with Crippen LogP contribution in [0.5, 0.6) is 0 Å². The number of aliphatic hydroxyl groups is 1. The highest BCUT2D eigenvalue weighted by molar-refractivity contribution is 7.58. The summed E-state index contributed by atoms with van der Waals surface area (Å²) in [6.45, 7) is 2.36. The number of nitriles is 1. The first-order valence-corrected chi connectivity index (χ1v) is 6.88. The topological polar surface area (TPSA) is 70.3 Å². The summed E-state index contributed by atoms with van der Waals surface area (Å²) < 4.78 is 17.1. The average molecular weight is 219 g/mol. The third kappa shape index (κ3) is 6.15. The molecule has 0 radical (unpaired) electrons. The van der Waals surface area contributed by atoms with E-state index in [-0.39, 0.29) is 13.0 Å². The van der Waals surface area contributed by atoms with Crippen LogP contribution in [-0.4, -0.2) is 30.6 Å². The zero-order valence-corrected chi connectivity index (χ0v) is 9.50. The number of rotatable bonds is 8. The fourth-order valence-electron chi connectivity index (χ4n) is 0.979. The largest absolute Gasteiger partial charge is 0.396 e. The summed E-state index contributed by atoms with van der Waals surface area (Å²) in [4.78, 5) is 0. The van der Waals surface area contributed by atoms with Crippen molar-refractivity contribution in [3.8, 4) is 6.07 Å². The zero-order valence-electron chi connectivity index (χ0n) is 8.61. The van der Waals surface area contributed by atoms with Gasteiger partial charge in [0.15, 0.2) is 0 Å². The van der Waals surface area contributed by atoms with Crippen LogP contribution >= 0.6 is 7.37 Å². The molecule has 1 atom stereocenters. The maximum atomic E-state index is 11.9. The third-order valence-electron chi connectivity index (χ3n) is 1.93. The van der Waals surface area contributed by atoms with Gasteiger partial charge in [0.25, 0.3) is 0 Å². The first-order chi connectivity index (χ1) is 6.68. The Morgan fingerprint density at radius 1 is 1.50 bits per heavy atom. The molecule has 0 amide bonds. The Hall–Kier alpha value is -0.360. The van der Waals surface area contributed by atoms with Gasteiger partial charge in [-0.15, -0.1) is 0 Å². The summed E-state index contributed by atoms with van der Waals surface area (Å²) in [5.41, 5.74) is 0. The lowest BCUT2D eigenvalue weighted by molar-refractivity contribution is 0.253. The zero-order chi connectivity index (χ0) is 10.9. The van der Waals surface area contributed by atoms with Gasteiger partial charge in [0, 0.05) is 25.4 Å². The Balaban J connectivity index is 3.76. The fraction of sp³-hybridized carbons (Fsp3) is 0.889. The number of hydrogen-bond acceptors (Lipinski definition) is 4. The number of hydrogen-bond donors (Lipinski definition) is 1. The van der Waals surface area contributed by atoms with Gasteiger partial charge in [-0.2, -0.15) is 5.26 Å². The summed E-state index contributed by atoms with van der Waals surface area (Å²) in [6, 6.07) is 1.97. The van der Waals surface area contributed by atoms with E-state index in [1.807, 2.05) is 13.0 Å². The Morgan fingerprint density at radius 3 is 2.71 bits per heavy atom. The van der Waals surface area contributed by atoms with Crippen LogP contribution in [0.3, 0.4) is 0 Å². The molecule has 4 nitrogen and oxygen atoms in total. The van der Waals surface area contributed by atoms with E-state index in [9.17, 15) is 4.57 Å². The van der Waals surface area contributed by atoms with Gasteiger partial charge in [-0.1, -0.05) is 6.92 Å². The minimum atomic E-state index is -2.56. The lowest BCUT2D eigenvalue weighted by atomic mass is 10.3. The van der Waals surface area contributed by atoms with E-state index in [2.05, 4.69) is 0 Å². The predicted molar refractivity (Wildman–Crippen MR) is 55.5 cm³/mol. The molecule has 0 aromatic rings. The molecule has 1 N–H and O–H groups in total. The summed E-state index contributed by atoms with van der Waals surface area (Å²) >= 11 is 0. The summed E-state index contributed by atoms with van der Waals surface area (Å²) in [5.74, 6) is 0. The summed E-state index contributed by atoms with van der Waals surface area (Å²) in [7, 11) is -2.56. The Morgan fingerprint density at radius 2 is 2.21 bits per heavy atom. The van der Waals surface area contributed by atoms with Crippen LogP contribution in [0.2, 0.25) is 0 Å². The van der Waals surface area contributed by atoms with Crippen LogP contribution in [0.1, 0.15) is 26.2 Å². The molecule has 14 heavy (non-hydrogen) atoms. The molecular formula is C9H18NO3P. The molecule has 0 bridgehead atoms. The lowest BCUT2D eigenvalue weighted by Gasteiger charge is -2.15. The molecule has 0 aromatic heterocycles. The SMILES string of the molecule is CCP(=O)(CCC#N)OCCCCO. The highest BCUT2D eigenvalue weighted by Crippen LogP contribution is 2.46. The van der Waals surface area contributed by atoms with Crippen LogP contribution in [0.4, 0.5) is 0 Å². The van der Waals surface area contributed by atoms with E-state index in [4.69, 9.17) is 14.9 Å². The van der Waals surface area contributed by atoms with Gasteiger partial charge in [-0.25, -0.2) is 0 Å². The van der Waals surface area contributed by atoms with Gasteiger partial charge in [0.1, 0.15) is 0 Å². The molecule has 0 spiro atoms. The second-order valence-corrected chi connectivity index (χ2v) is 5.99. The third-order valence-corrected chi connectivity index (χ3v) is 4.45. The van der Waals surface area contributed by atoms with Crippen molar-refractivity contribution in [2.75, 3.05) is 25.5 Å². The minimum Gasteiger partial charge on any atom is -0.396 e. The number of aliphatic hydroxyl groups excluding tert-OH is 1. The van der Waals surface area contributed by atoms with Crippen molar-refractivity contribution in [3.63, 3.8) is 0 Å². The highest BCUT2D eigenvalue weighted by atomic mass is 31.2. The van der Waals surface area contributed by atoms with Gasteiger partial charge in [0.2, 0.25) is 7.37 Å². The molecule has 0 rings (SSSR count). The second-order valence-electron chi connectivity index (χ2n) is 3.03. The molecule has 5 heteroatoms. The van der Waals surface area contributed by atoms with E-state index in [0.717, 1.165) is 0 Å². The molecule has 0 saturated carbocycles. The lowest BCUT2D eigenvalue weighted by Crippen LogP contribution is -2.00. The van der Waals surface area contributed by atoms with Gasteiger partial charge in [-0.3, -0.25) is 4.57 Å². The normalized spacial score (nSPS) is 14.6. The van der Waals surface area contributed by atoms with Crippen LogP contribution in [0.25, 0.3) is 0 Å². The standard InChI is InChI=1S/C9H18NO3P/c1-2-14(12,9-5-6-10)13-8-4-3-7-11/h11H,2-5,7-9H2,1H3. The summed E-state index contributed by atoms with van der Waals surface area (Å²) in [6.07, 6.45) is 2.49. The molecule has 82 valence electrons. The Bertz CT molecular complexity index is 225. The van der Waals surface area contributed by atoms with E-state index in [1.165, 1.54) is 0 Å². The van der Waals surface area contributed by atoms with Crippen molar-refractivity contribution in [1.29, 1.82) is 5.26 Å². The van der Waals surface area contributed by atoms with Gasteiger partial charge in [0.05, 0.1) is 12.7 Å². The molecule has 1 unspecified atom stereocenters. The first-order valence-electron chi connectivity index (χ1n) is 4.89. The van der Waals surface area contributed by atoms with Crippen LogP contribution < -0.4 is 0 Å². The quantitative estimate of drug-likeness (QED) is 0.500. The Labute approximate surface area is 85.3 Å². The minimum absolute atomic E-state index is 0.137. The number of unbranched alkanes of at least 4 members (excludes halogenated alkanes) is 1. The van der Waals surface area contributed by atoms with Crippen molar-refractivity contribution >= 4 is 7.37 Å². The second kappa shape index (κ2) is 7.99. The van der Waals surface area contributed by atoms with Crippen LogP contribution in [0, 0.1) is 11.3 Å². The molecule has 0 fully saturated rings. The summed E-state index contributed by atoms with van der Waals surface area (Å²) in [5, 5.41) is 16.9. The molecule has 0 aromatic carbocycles. The Kier molecular flexibility index (Phi) is 7.78. The van der Waals surface area contributed by atoms with Gasteiger partial charge in [-0.05, 0) is 12.8 Å². The fourth-order valence-corrected chi connectivity index (χ4v) is 2.51. The van der Waals surface area contributed by atoms with Crippen molar-refractivity contribution in [2.45, 2.75) is 26.2 Å². The van der Waals surface area contributed by atoms with Crippen LogP contribution in [-0.2, 0) is 9.09 Å². The van der Waals surface area contributed by atoms with Gasteiger partial charge >= 0.3 is 0 Å². The molecule has 0 aliphatic carbocycles. The van der Waals surface area contributed by atoms with Gasteiger partial charge < -0.3 is 9.63 Å². The van der Waals surface area contributed by atoms with E-state index >= 15 is 0 Å². The monoisotopic (exact) mass is 219 g/mol. The molecule has 0 heterocycles. The van der Waals surface area contributed by atoms with E-state index < -0.39 is 7.37 Å². The molecule has 0 aliphatic heterocycles. The maximum absolute atomic E-state index is 11.9. The smallest absolute Gasteiger partial charge is 0.203 e. The van der Waals surface area contributed by atoms with E-state index in [1.54, 1.807) is 0 Å². The van der Waals surface area contributed by atoms with Crippen LogP contribution in [0.15, 0.2) is 0 Å². The molecule has 0 saturated heterocycles. The van der Waals surface area contributed by atoms with Crippen molar-refractivity contribution < 1.29 is 14.2 Å². The first kappa shape index (κ1) is 13.6. The van der Waals surface area contributed by atoms with Crippen molar-refractivity contribution in [1.82, 2.24) is 0 Å². The maximum Gasteiger partial charge on any atom is 0.203 e. The molecular weight excluding hydrogens is 201 g/mol. The number of nitrogens with zero attached hydrogens (tertiary/aromatic N) is 1. The van der Waals surface area contributed by atoms with Crippen molar-refractivity contribution in [3.05, 3.63) is 0 Å². The van der Waals surface area contributed by atoms with Crippen molar-refractivity contribution in [2.24, 2.45) is 0 Å². The molecule has 0 aliphatic rings. The predicted octanol–water partition coefficient (Wildman–Crippen LogP) is 1.99. The average Bonchev–Trinajstić information content (AvgIpc) is 2.22. The van der Waals surface area contributed by atoms with E-state index in [0.29, 0.717) is 31.8 Å².